The highest BCUT2D eigenvalue weighted by Crippen LogP contribution is 2.24. The SMILES string of the molecule is CCN(C(=O)c1ccc2c(c1)CCCN2)c1ccccc1. The smallest absolute Gasteiger partial charge is 0.258 e. The topological polar surface area (TPSA) is 32.3 Å². The number of amides is 1. The summed E-state index contributed by atoms with van der Waals surface area (Å²) in [5.41, 5.74) is 4.13. The van der Waals surface area contributed by atoms with Crippen molar-refractivity contribution in [3.05, 3.63) is 59.7 Å². The van der Waals surface area contributed by atoms with Gasteiger partial charge in [-0.05, 0) is 55.7 Å². The molecule has 0 unspecified atom stereocenters. The van der Waals surface area contributed by atoms with E-state index in [2.05, 4.69) is 5.32 Å². The number of benzene rings is 2. The monoisotopic (exact) mass is 280 g/mol. The molecular formula is C18H20N2O. The van der Waals surface area contributed by atoms with Crippen LogP contribution in [0, 0.1) is 0 Å². The van der Waals surface area contributed by atoms with E-state index in [1.165, 1.54) is 11.3 Å². The van der Waals surface area contributed by atoms with Crippen molar-refractivity contribution in [2.24, 2.45) is 0 Å². The van der Waals surface area contributed by atoms with Gasteiger partial charge in [0.2, 0.25) is 0 Å². The summed E-state index contributed by atoms with van der Waals surface area (Å²) in [6.07, 6.45) is 2.17. The minimum Gasteiger partial charge on any atom is -0.385 e. The molecule has 1 aliphatic rings. The Bertz CT molecular complexity index is 637. The molecule has 2 aromatic carbocycles. The lowest BCUT2D eigenvalue weighted by Gasteiger charge is -2.23. The van der Waals surface area contributed by atoms with Crippen LogP contribution >= 0.6 is 0 Å². The van der Waals surface area contributed by atoms with E-state index in [4.69, 9.17) is 0 Å². The second-order valence-corrected chi connectivity index (χ2v) is 5.29. The Hall–Kier alpha value is -2.29. The Morgan fingerprint density at radius 1 is 1.19 bits per heavy atom. The molecule has 0 aromatic heterocycles. The lowest BCUT2D eigenvalue weighted by Crippen LogP contribution is -2.30. The van der Waals surface area contributed by atoms with E-state index in [1.807, 2.05) is 60.4 Å². The zero-order chi connectivity index (χ0) is 14.7. The zero-order valence-electron chi connectivity index (χ0n) is 12.3. The number of anilines is 2. The molecule has 0 aliphatic carbocycles. The fourth-order valence-corrected chi connectivity index (χ4v) is 2.82. The number of fused-ring (bicyclic) bond motifs is 1. The van der Waals surface area contributed by atoms with Gasteiger partial charge in [0, 0.05) is 30.0 Å². The van der Waals surface area contributed by atoms with E-state index < -0.39 is 0 Å². The molecule has 0 bridgehead atoms. The molecule has 1 amide bonds. The molecule has 2 aromatic rings. The van der Waals surface area contributed by atoms with Crippen LogP contribution in [0.25, 0.3) is 0 Å². The second-order valence-electron chi connectivity index (χ2n) is 5.29. The molecule has 0 atom stereocenters. The maximum Gasteiger partial charge on any atom is 0.258 e. The molecule has 0 saturated heterocycles. The maximum atomic E-state index is 12.8. The molecule has 1 N–H and O–H groups in total. The van der Waals surface area contributed by atoms with Crippen molar-refractivity contribution >= 4 is 17.3 Å². The fraction of sp³-hybridized carbons (Fsp3) is 0.278. The first-order valence-corrected chi connectivity index (χ1v) is 7.53. The van der Waals surface area contributed by atoms with Crippen LogP contribution in [-0.4, -0.2) is 19.0 Å². The largest absolute Gasteiger partial charge is 0.385 e. The third-order valence-corrected chi connectivity index (χ3v) is 3.92. The van der Waals surface area contributed by atoms with Crippen LogP contribution in [0.5, 0.6) is 0 Å². The molecule has 0 fully saturated rings. The Kier molecular flexibility index (Phi) is 3.91. The standard InChI is InChI=1S/C18H20N2O/c1-2-20(16-8-4-3-5-9-16)18(21)15-10-11-17-14(13-15)7-6-12-19-17/h3-5,8-11,13,19H,2,6-7,12H2,1H3. The predicted molar refractivity (Wildman–Crippen MR) is 87.0 cm³/mol. The molecule has 1 heterocycles. The van der Waals surface area contributed by atoms with Gasteiger partial charge in [0.05, 0.1) is 0 Å². The van der Waals surface area contributed by atoms with Crippen molar-refractivity contribution in [1.29, 1.82) is 0 Å². The Labute approximate surface area is 125 Å². The Balaban J connectivity index is 1.90. The van der Waals surface area contributed by atoms with Crippen molar-refractivity contribution in [3.63, 3.8) is 0 Å². The maximum absolute atomic E-state index is 12.8. The van der Waals surface area contributed by atoms with Crippen molar-refractivity contribution in [2.75, 3.05) is 23.3 Å². The highest BCUT2D eigenvalue weighted by Gasteiger charge is 2.18. The number of nitrogens with one attached hydrogen (secondary N) is 1. The van der Waals surface area contributed by atoms with Gasteiger partial charge in [-0.2, -0.15) is 0 Å². The quantitative estimate of drug-likeness (QED) is 0.929. The van der Waals surface area contributed by atoms with Gasteiger partial charge >= 0.3 is 0 Å². The lowest BCUT2D eigenvalue weighted by molar-refractivity contribution is 0.0988. The Morgan fingerprint density at radius 3 is 2.76 bits per heavy atom. The predicted octanol–water partition coefficient (Wildman–Crippen LogP) is 3.71. The number of rotatable bonds is 3. The van der Waals surface area contributed by atoms with Crippen LogP contribution in [-0.2, 0) is 6.42 Å². The van der Waals surface area contributed by atoms with Crippen LogP contribution in [0.4, 0.5) is 11.4 Å². The van der Waals surface area contributed by atoms with Gasteiger partial charge < -0.3 is 10.2 Å². The second kappa shape index (κ2) is 6.00. The van der Waals surface area contributed by atoms with Gasteiger partial charge in [0.25, 0.3) is 5.91 Å². The van der Waals surface area contributed by atoms with Gasteiger partial charge in [-0.1, -0.05) is 18.2 Å². The molecule has 1 aliphatic heterocycles. The zero-order valence-corrected chi connectivity index (χ0v) is 12.3. The summed E-state index contributed by atoms with van der Waals surface area (Å²) < 4.78 is 0. The molecular weight excluding hydrogens is 260 g/mol. The summed E-state index contributed by atoms with van der Waals surface area (Å²) in [4.78, 5) is 14.6. The van der Waals surface area contributed by atoms with Crippen molar-refractivity contribution in [1.82, 2.24) is 0 Å². The van der Waals surface area contributed by atoms with Gasteiger partial charge in [0.15, 0.2) is 0 Å². The Morgan fingerprint density at radius 2 is 2.00 bits per heavy atom. The normalized spacial score (nSPS) is 13.2. The van der Waals surface area contributed by atoms with Crippen molar-refractivity contribution < 1.29 is 4.79 Å². The molecule has 108 valence electrons. The first-order chi connectivity index (χ1) is 10.3. The van der Waals surface area contributed by atoms with Crippen molar-refractivity contribution in [2.45, 2.75) is 19.8 Å². The molecule has 3 rings (SSSR count). The number of carbonyl (C=O) groups excluding carboxylic acids is 1. The van der Waals surface area contributed by atoms with Crippen LogP contribution < -0.4 is 10.2 Å². The van der Waals surface area contributed by atoms with Crippen LogP contribution in [0.3, 0.4) is 0 Å². The minimum atomic E-state index is 0.0667. The molecule has 3 nitrogen and oxygen atoms in total. The summed E-state index contributed by atoms with van der Waals surface area (Å²) >= 11 is 0. The molecule has 3 heteroatoms. The van der Waals surface area contributed by atoms with Gasteiger partial charge in [-0.3, -0.25) is 4.79 Å². The van der Waals surface area contributed by atoms with Gasteiger partial charge in [0.1, 0.15) is 0 Å². The summed E-state index contributed by atoms with van der Waals surface area (Å²) in [5, 5.41) is 3.38. The number of nitrogens with zero attached hydrogens (tertiary/aromatic N) is 1. The number of carbonyl (C=O) groups is 1. The van der Waals surface area contributed by atoms with E-state index in [9.17, 15) is 4.79 Å². The third kappa shape index (κ3) is 2.77. The molecule has 0 radical (unpaired) electrons. The van der Waals surface area contributed by atoms with E-state index in [0.717, 1.165) is 30.6 Å². The van der Waals surface area contributed by atoms with Crippen LogP contribution in [0.15, 0.2) is 48.5 Å². The van der Waals surface area contributed by atoms with Crippen LogP contribution in [0.1, 0.15) is 29.3 Å². The van der Waals surface area contributed by atoms with E-state index in [0.29, 0.717) is 6.54 Å². The number of para-hydroxylation sites is 1. The number of aryl methyl sites for hydroxylation is 1. The molecule has 0 spiro atoms. The molecule has 0 saturated carbocycles. The minimum absolute atomic E-state index is 0.0667. The van der Waals surface area contributed by atoms with Crippen molar-refractivity contribution in [3.8, 4) is 0 Å². The van der Waals surface area contributed by atoms with E-state index in [-0.39, 0.29) is 5.91 Å². The average Bonchev–Trinajstić information content (AvgIpc) is 2.56. The summed E-state index contributed by atoms with van der Waals surface area (Å²) in [6, 6.07) is 15.8. The van der Waals surface area contributed by atoms with Crippen LogP contribution in [0.2, 0.25) is 0 Å². The first-order valence-electron chi connectivity index (χ1n) is 7.53. The van der Waals surface area contributed by atoms with Gasteiger partial charge in [-0.15, -0.1) is 0 Å². The van der Waals surface area contributed by atoms with E-state index >= 15 is 0 Å². The third-order valence-electron chi connectivity index (χ3n) is 3.92. The summed E-state index contributed by atoms with van der Waals surface area (Å²) in [6.45, 7) is 3.69. The van der Waals surface area contributed by atoms with Gasteiger partial charge in [-0.25, -0.2) is 0 Å². The number of hydrogen-bond donors (Lipinski definition) is 1. The highest BCUT2D eigenvalue weighted by molar-refractivity contribution is 6.06. The average molecular weight is 280 g/mol. The fourth-order valence-electron chi connectivity index (χ4n) is 2.82. The first kappa shape index (κ1) is 13.7. The molecule has 21 heavy (non-hydrogen) atoms. The lowest BCUT2D eigenvalue weighted by atomic mass is 10.00. The number of hydrogen-bond acceptors (Lipinski definition) is 2. The van der Waals surface area contributed by atoms with E-state index in [1.54, 1.807) is 0 Å². The summed E-state index contributed by atoms with van der Waals surface area (Å²) in [5.74, 6) is 0.0667. The highest BCUT2D eigenvalue weighted by atomic mass is 16.2. The summed E-state index contributed by atoms with van der Waals surface area (Å²) in [7, 11) is 0.